The summed E-state index contributed by atoms with van der Waals surface area (Å²) in [5.74, 6) is 0.0920. The zero-order chi connectivity index (χ0) is 17.4. The van der Waals surface area contributed by atoms with E-state index in [1.807, 2.05) is 0 Å². The Balaban J connectivity index is 1.72. The minimum atomic E-state index is -0.328. The van der Waals surface area contributed by atoms with E-state index in [2.05, 4.69) is 16.0 Å². The van der Waals surface area contributed by atoms with Crippen molar-refractivity contribution in [2.45, 2.75) is 13.3 Å². The fraction of sp³-hybridized carbons (Fsp3) is 0.529. The monoisotopic (exact) mass is 337 g/mol. The quantitative estimate of drug-likeness (QED) is 0.640. The molecule has 132 valence electrons. The second-order valence-corrected chi connectivity index (χ2v) is 6.00. The SMILES string of the molecule is CC(=O)NCCNC(=O)[C@H]1CNC[C@@H](COc2cccc(F)c2)C1. The molecule has 0 saturated carbocycles. The van der Waals surface area contributed by atoms with Crippen LogP contribution in [0, 0.1) is 17.7 Å². The number of halogens is 1. The van der Waals surface area contributed by atoms with Crippen molar-refractivity contribution in [3.05, 3.63) is 30.1 Å². The van der Waals surface area contributed by atoms with Crippen LogP contribution in [-0.4, -0.2) is 44.6 Å². The first kappa shape index (κ1) is 18.2. The molecule has 1 aromatic rings. The average molecular weight is 337 g/mol. The summed E-state index contributed by atoms with van der Waals surface area (Å²) < 4.78 is 18.7. The van der Waals surface area contributed by atoms with Crippen molar-refractivity contribution >= 4 is 11.8 Å². The van der Waals surface area contributed by atoms with Gasteiger partial charge in [0.05, 0.1) is 12.5 Å². The normalized spacial score (nSPS) is 20.2. The Bertz CT molecular complexity index is 568. The summed E-state index contributed by atoms with van der Waals surface area (Å²) in [6, 6.07) is 6.04. The summed E-state index contributed by atoms with van der Waals surface area (Å²) in [5, 5.41) is 8.70. The lowest BCUT2D eigenvalue weighted by Gasteiger charge is -2.29. The van der Waals surface area contributed by atoms with Gasteiger partial charge in [-0.25, -0.2) is 4.39 Å². The Morgan fingerprint density at radius 3 is 2.83 bits per heavy atom. The molecule has 1 aliphatic heterocycles. The maximum atomic E-state index is 13.1. The Kier molecular flexibility index (Phi) is 6.99. The van der Waals surface area contributed by atoms with E-state index in [4.69, 9.17) is 4.74 Å². The number of piperidine rings is 1. The molecule has 7 heteroatoms. The minimum absolute atomic E-state index is 0.0247. The molecule has 2 atom stereocenters. The standard InChI is InChI=1S/C17H24FN3O3/c1-12(22)20-5-6-21-17(23)14-7-13(9-19-10-14)11-24-16-4-2-3-15(18)8-16/h2-4,8,13-14,19H,5-7,9-11H2,1H3,(H,20,22)(H,21,23)/t13-,14+/m0/s1. The average Bonchev–Trinajstić information content (AvgIpc) is 2.57. The van der Waals surface area contributed by atoms with Gasteiger partial charge in [0.1, 0.15) is 11.6 Å². The molecule has 1 heterocycles. The smallest absolute Gasteiger partial charge is 0.224 e. The van der Waals surface area contributed by atoms with E-state index in [0.29, 0.717) is 38.4 Å². The highest BCUT2D eigenvalue weighted by atomic mass is 19.1. The summed E-state index contributed by atoms with van der Waals surface area (Å²) in [5.41, 5.74) is 0. The van der Waals surface area contributed by atoms with Gasteiger partial charge in [0.15, 0.2) is 0 Å². The summed E-state index contributed by atoms with van der Waals surface area (Å²) in [6.07, 6.45) is 0.717. The van der Waals surface area contributed by atoms with Gasteiger partial charge in [-0.1, -0.05) is 6.07 Å². The zero-order valence-corrected chi connectivity index (χ0v) is 13.8. The number of nitrogens with one attached hydrogen (secondary N) is 3. The summed E-state index contributed by atoms with van der Waals surface area (Å²) >= 11 is 0. The van der Waals surface area contributed by atoms with Crippen LogP contribution in [0.25, 0.3) is 0 Å². The highest BCUT2D eigenvalue weighted by molar-refractivity contribution is 5.79. The van der Waals surface area contributed by atoms with Crippen LogP contribution in [0.3, 0.4) is 0 Å². The second-order valence-electron chi connectivity index (χ2n) is 6.00. The molecule has 1 aromatic carbocycles. The molecule has 6 nitrogen and oxygen atoms in total. The van der Waals surface area contributed by atoms with Crippen molar-refractivity contribution in [3.8, 4) is 5.75 Å². The Labute approximate surface area is 141 Å². The number of benzene rings is 1. The van der Waals surface area contributed by atoms with Crippen molar-refractivity contribution in [1.29, 1.82) is 0 Å². The van der Waals surface area contributed by atoms with E-state index < -0.39 is 0 Å². The molecule has 1 saturated heterocycles. The minimum Gasteiger partial charge on any atom is -0.493 e. The molecule has 0 aromatic heterocycles. The van der Waals surface area contributed by atoms with Crippen LogP contribution in [0.15, 0.2) is 24.3 Å². The van der Waals surface area contributed by atoms with Crippen LogP contribution >= 0.6 is 0 Å². The van der Waals surface area contributed by atoms with Gasteiger partial charge in [-0.3, -0.25) is 9.59 Å². The van der Waals surface area contributed by atoms with Gasteiger partial charge in [-0.2, -0.15) is 0 Å². The molecule has 2 amide bonds. The third-order valence-corrected chi connectivity index (χ3v) is 3.89. The topological polar surface area (TPSA) is 79.5 Å². The fourth-order valence-corrected chi connectivity index (χ4v) is 2.70. The number of rotatable bonds is 7. The van der Waals surface area contributed by atoms with Crippen LogP contribution < -0.4 is 20.7 Å². The lowest BCUT2D eigenvalue weighted by molar-refractivity contribution is -0.126. The van der Waals surface area contributed by atoms with E-state index in [9.17, 15) is 14.0 Å². The molecular weight excluding hydrogens is 313 g/mol. The molecule has 0 spiro atoms. The predicted octanol–water partition coefficient (Wildman–Crippen LogP) is 0.683. The maximum Gasteiger partial charge on any atom is 0.224 e. The summed E-state index contributed by atoms with van der Waals surface area (Å²) in [6.45, 7) is 4.11. The largest absolute Gasteiger partial charge is 0.493 e. The molecule has 24 heavy (non-hydrogen) atoms. The first-order chi connectivity index (χ1) is 11.5. The second kappa shape index (κ2) is 9.22. The van der Waals surface area contributed by atoms with Crippen molar-refractivity contribution in [2.24, 2.45) is 11.8 Å². The van der Waals surface area contributed by atoms with Crippen LogP contribution in [-0.2, 0) is 9.59 Å². The van der Waals surface area contributed by atoms with Gasteiger partial charge in [-0.05, 0) is 18.6 Å². The van der Waals surface area contributed by atoms with Gasteiger partial charge < -0.3 is 20.7 Å². The van der Waals surface area contributed by atoms with E-state index in [-0.39, 0.29) is 29.5 Å². The third-order valence-electron chi connectivity index (χ3n) is 3.89. The first-order valence-electron chi connectivity index (χ1n) is 8.16. The van der Waals surface area contributed by atoms with Gasteiger partial charge in [0, 0.05) is 45.1 Å². The van der Waals surface area contributed by atoms with Gasteiger partial charge >= 0.3 is 0 Å². The van der Waals surface area contributed by atoms with Gasteiger partial charge in [-0.15, -0.1) is 0 Å². The summed E-state index contributed by atoms with van der Waals surface area (Å²) in [4.78, 5) is 22.9. The van der Waals surface area contributed by atoms with Crippen molar-refractivity contribution in [2.75, 3.05) is 32.8 Å². The Morgan fingerprint density at radius 2 is 2.08 bits per heavy atom. The molecule has 3 N–H and O–H groups in total. The molecule has 0 aliphatic carbocycles. The molecule has 0 bridgehead atoms. The van der Waals surface area contributed by atoms with Crippen molar-refractivity contribution in [3.63, 3.8) is 0 Å². The number of carbonyl (C=O) groups excluding carboxylic acids is 2. The van der Waals surface area contributed by atoms with E-state index in [1.165, 1.54) is 19.1 Å². The number of amides is 2. The number of ether oxygens (including phenoxy) is 1. The van der Waals surface area contributed by atoms with E-state index in [0.717, 1.165) is 6.54 Å². The van der Waals surface area contributed by atoms with Gasteiger partial charge in [0.2, 0.25) is 11.8 Å². The Morgan fingerprint density at radius 1 is 1.29 bits per heavy atom. The number of hydrogen-bond acceptors (Lipinski definition) is 4. The van der Waals surface area contributed by atoms with E-state index in [1.54, 1.807) is 12.1 Å². The Hall–Kier alpha value is -2.15. The van der Waals surface area contributed by atoms with Crippen LogP contribution in [0.4, 0.5) is 4.39 Å². The summed E-state index contributed by atoms with van der Waals surface area (Å²) in [7, 11) is 0. The fourth-order valence-electron chi connectivity index (χ4n) is 2.70. The lowest BCUT2D eigenvalue weighted by atomic mass is 9.90. The molecule has 2 rings (SSSR count). The molecule has 0 unspecified atom stereocenters. The lowest BCUT2D eigenvalue weighted by Crippen LogP contribution is -2.46. The van der Waals surface area contributed by atoms with Gasteiger partial charge in [0.25, 0.3) is 0 Å². The first-order valence-corrected chi connectivity index (χ1v) is 8.16. The predicted molar refractivity (Wildman–Crippen MR) is 88.1 cm³/mol. The van der Waals surface area contributed by atoms with Crippen LogP contribution in [0.5, 0.6) is 5.75 Å². The highest BCUT2D eigenvalue weighted by Gasteiger charge is 2.27. The molecule has 1 fully saturated rings. The molecule has 0 radical (unpaired) electrons. The van der Waals surface area contributed by atoms with Crippen LogP contribution in [0.1, 0.15) is 13.3 Å². The zero-order valence-electron chi connectivity index (χ0n) is 13.8. The highest BCUT2D eigenvalue weighted by Crippen LogP contribution is 2.19. The van der Waals surface area contributed by atoms with Crippen LogP contribution in [0.2, 0.25) is 0 Å². The molecular formula is C17H24FN3O3. The maximum absolute atomic E-state index is 13.1. The van der Waals surface area contributed by atoms with Crippen molar-refractivity contribution in [1.82, 2.24) is 16.0 Å². The molecule has 1 aliphatic rings. The number of hydrogen-bond donors (Lipinski definition) is 3. The third kappa shape index (κ3) is 6.16. The van der Waals surface area contributed by atoms with E-state index >= 15 is 0 Å². The number of carbonyl (C=O) groups is 2. The van der Waals surface area contributed by atoms with Crippen molar-refractivity contribution < 1.29 is 18.7 Å².